The first kappa shape index (κ1) is 9.57. The molecule has 0 spiro atoms. The van der Waals surface area contributed by atoms with Gasteiger partial charge in [0.15, 0.2) is 5.01 Å². The molecule has 0 radical (unpaired) electrons. The van der Waals surface area contributed by atoms with E-state index in [1.165, 1.54) is 11.3 Å². The average molecular weight is 341 g/mol. The van der Waals surface area contributed by atoms with Crippen molar-refractivity contribution >= 4 is 59.7 Å². The third-order valence-corrected chi connectivity index (χ3v) is 4.45. The van der Waals surface area contributed by atoms with Gasteiger partial charge < -0.3 is 5.73 Å². The Bertz CT molecular complexity index is 437. The molecule has 0 aliphatic carbocycles. The van der Waals surface area contributed by atoms with Crippen LogP contribution < -0.4 is 5.73 Å². The van der Waals surface area contributed by atoms with Crippen LogP contribution in [0, 0.1) is 0 Å². The molecule has 0 aliphatic rings. The van der Waals surface area contributed by atoms with E-state index in [1.54, 1.807) is 11.3 Å². The van der Waals surface area contributed by atoms with Crippen LogP contribution in [0.1, 0.15) is 0 Å². The van der Waals surface area contributed by atoms with Gasteiger partial charge in [-0.3, -0.25) is 0 Å². The van der Waals surface area contributed by atoms with Crippen LogP contribution in [-0.2, 0) is 0 Å². The second-order valence-electron chi connectivity index (χ2n) is 2.18. The van der Waals surface area contributed by atoms with Crippen LogP contribution in [0.2, 0.25) is 0 Å². The molecule has 13 heavy (non-hydrogen) atoms. The van der Waals surface area contributed by atoms with E-state index in [9.17, 15) is 0 Å². The van der Waals surface area contributed by atoms with Crippen LogP contribution in [0.5, 0.6) is 0 Å². The molecule has 3 nitrogen and oxygen atoms in total. The maximum absolute atomic E-state index is 5.49. The predicted octanol–water partition coefficient (Wildman–Crippen LogP) is 3.37. The maximum Gasteiger partial charge on any atom is 0.203 e. The number of nitrogen functional groups attached to an aromatic ring is 1. The van der Waals surface area contributed by atoms with Gasteiger partial charge in [0.2, 0.25) is 5.13 Å². The van der Waals surface area contributed by atoms with Crippen molar-refractivity contribution in [3.8, 4) is 10.6 Å². The van der Waals surface area contributed by atoms with E-state index in [2.05, 4.69) is 42.1 Å². The zero-order chi connectivity index (χ0) is 9.42. The van der Waals surface area contributed by atoms with Gasteiger partial charge in [-0.05, 0) is 37.9 Å². The third-order valence-electron chi connectivity index (χ3n) is 1.33. The minimum atomic E-state index is 0.490. The fraction of sp³-hybridized carbons (Fsp3) is 0. The maximum atomic E-state index is 5.49. The van der Waals surface area contributed by atoms with Gasteiger partial charge in [-0.2, -0.15) is 0 Å². The predicted molar refractivity (Wildman–Crippen MR) is 63.0 cm³/mol. The SMILES string of the molecule is Nc1nnc(-c2cc(Br)sc2Br)s1. The minimum absolute atomic E-state index is 0.490. The summed E-state index contributed by atoms with van der Waals surface area (Å²) in [6, 6.07) is 1.99. The van der Waals surface area contributed by atoms with Crippen molar-refractivity contribution in [2.45, 2.75) is 0 Å². The monoisotopic (exact) mass is 339 g/mol. The molecule has 2 rings (SSSR count). The zero-order valence-electron chi connectivity index (χ0n) is 6.12. The van der Waals surface area contributed by atoms with Crippen molar-refractivity contribution in [3.63, 3.8) is 0 Å². The fourth-order valence-corrected chi connectivity index (χ4v) is 4.46. The number of nitrogens with two attached hydrogens (primary N) is 1. The van der Waals surface area contributed by atoms with E-state index < -0.39 is 0 Å². The van der Waals surface area contributed by atoms with Gasteiger partial charge in [-0.25, -0.2) is 0 Å². The Morgan fingerprint density at radius 2 is 2.00 bits per heavy atom. The summed E-state index contributed by atoms with van der Waals surface area (Å²) in [6.45, 7) is 0. The number of nitrogens with zero attached hydrogens (tertiary/aromatic N) is 2. The quantitative estimate of drug-likeness (QED) is 0.865. The van der Waals surface area contributed by atoms with Crippen LogP contribution in [0.3, 0.4) is 0 Å². The molecular weight excluding hydrogens is 338 g/mol. The number of halogens is 2. The molecule has 2 N–H and O–H groups in total. The highest BCUT2D eigenvalue weighted by Gasteiger charge is 2.11. The van der Waals surface area contributed by atoms with Gasteiger partial charge >= 0.3 is 0 Å². The minimum Gasteiger partial charge on any atom is -0.374 e. The van der Waals surface area contributed by atoms with E-state index in [4.69, 9.17) is 5.73 Å². The molecule has 0 aromatic carbocycles. The summed E-state index contributed by atoms with van der Waals surface area (Å²) in [4.78, 5) is 0. The molecule has 2 heterocycles. The molecule has 0 saturated heterocycles. The first-order chi connectivity index (χ1) is 6.16. The van der Waals surface area contributed by atoms with Gasteiger partial charge in [-0.1, -0.05) is 11.3 Å². The molecule has 0 unspecified atom stereocenters. The summed E-state index contributed by atoms with van der Waals surface area (Å²) in [6.07, 6.45) is 0. The number of hydrogen-bond donors (Lipinski definition) is 1. The molecule has 7 heteroatoms. The highest BCUT2D eigenvalue weighted by Crippen LogP contribution is 2.39. The number of thiophene rings is 1. The van der Waals surface area contributed by atoms with Crippen molar-refractivity contribution in [1.82, 2.24) is 10.2 Å². The molecule has 0 aliphatic heterocycles. The summed E-state index contributed by atoms with van der Waals surface area (Å²) in [7, 11) is 0. The van der Waals surface area contributed by atoms with Gasteiger partial charge in [0, 0.05) is 5.56 Å². The van der Waals surface area contributed by atoms with Crippen molar-refractivity contribution < 1.29 is 0 Å². The van der Waals surface area contributed by atoms with Crippen LogP contribution in [0.4, 0.5) is 5.13 Å². The van der Waals surface area contributed by atoms with Crippen molar-refractivity contribution in [2.24, 2.45) is 0 Å². The summed E-state index contributed by atoms with van der Waals surface area (Å²) in [5.41, 5.74) is 6.53. The van der Waals surface area contributed by atoms with E-state index in [0.29, 0.717) is 5.13 Å². The summed E-state index contributed by atoms with van der Waals surface area (Å²) >= 11 is 9.83. The Morgan fingerprint density at radius 3 is 2.46 bits per heavy atom. The average Bonchev–Trinajstić information content (AvgIpc) is 2.58. The Balaban J connectivity index is 2.51. The first-order valence-corrected chi connectivity index (χ1v) is 6.43. The summed E-state index contributed by atoms with van der Waals surface area (Å²) in [5.74, 6) is 0. The van der Waals surface area contributed by atoms with Gasteiger partial charge in [0.05, 0.1) is 7.57 Å². The number of aromatic nitrogens is 2. The number of rotatable bonds is 1. The zero-order valence-corrected chi connectivity index (χ0v) is 10.9. The molecule has 2 aromatic heterocycles. The van der Waals surface area contributed by atoms with Gasteiger partial charge in [0.1, 0.15) is 0 Å². The van der Waals surface area contributed by atoms with E-state index in [0.717, 1.165) is 18.1 Å². The smallest absolute Gasteiger partial charge is 0.203 e. The van der Waals surface area contributed by atoms with Gasteiger partial charge in [0.25, 0.3) is 0 Å². The lowest BCUT2D eigenvalue weighted by Crippen LogP contribution is -1.79. The lowest BCUT2D eigenvalue weighted by atomic mass is 10.4. The number of hydrogen-bond acceptors (Lipinski definition) is 5. The standard InChI is InChI=1S/C6H3Br2N3S2/c7-3-1-2(4(8)12-3)5-10-11-6(9)13-5/h1H,(H2,9,11). The molecule has 2 aromatic rings. The fourth-order valence-electron chi connectivity index (χ4n) is 0.829. The summed E-state index contributed by atoms with van der Waals surface area (Å²) in [5, 5.41) is 9.05. The second-order valence-corrected chi connectivity index (χ2v) is 6.94. The van der Waals surface area contributed by atoms with Gasteiger partial charge in [-0.15, -0.1) is 21.5 Å². The van der Waals surface area contributed by atoms with Crippen molar-refractivity contribution in [1.29, 1.82) is 0 Å². The van der Waals surface area contributed by atoms with E-state index in [1.807, 2.05) is 6.07 Å². The van der Waals surface area contributed by atoms with E-state index in [-0.39, 0.29) is 0 Å². The van der Waals surface area contributed by atoms with E-state index >= 15 is 0 Å². The molecule has 0 amide bonds. The topological polar surface area (TPSA) is 51.8 Å². The Labute approximate surface area is 99.3 Å². The summed E-state index contributed by atoms with van der Waals surface area (Å²) < 4.78 is 2.10. The Hall–Kier alpha value is 0.0200. The number of anilines is 1. The lowest BCUT2D eigenvalue weighted by molar-refractivity contribution is 1.10. The second kappa shape index (κ2) is 3.64. The molecule has 0 atom stereocenters. The first-order valence-electron chi connectivity index (χ1n) is 3.21. The highest BCUT2D eigenvalue weighted by molar-refractivity contribution is 9.12. The van der Waals surface area contributed by atoms with Crippen LogP contribution >= 0.6 is 54.5 Å². The normalized spacial score (nSPS) is 10.6. The Kier molecular flexibility index (Phi) is 2.68. The molecule has 0 saturated carbocycles. The van der Waals surface area contributed by atoms with Crippen LogP contribution in [0.15, 0.2) is 13.6 Å². The molecule has 0 fully saturated rings. The van der Waals surface area contributed by atoms with Crippen molar-refractivity contribution in [2.75, 3.05) is 5.73 Å². The lowest BCUT2D eigenvalue weighted by Gasteiger charge is -1.87. The molecule has 68 valence electrons. The highest BCUT2D eigenvalue weighted by atomic mass is 79.9. The molecule has 0 bridgehead atoms. The van der Waals surface area contributed by atoms with Crippen LogP contribution in [0.25, 0.3) is 10.6 Å². The third kappa shape index (κ3) is 1.93. The molecular formula is C6H3Br2N3S2. The van der Waals surface area contributed by atoms with Crippen LogP contribution in [-0.4, -0.2) is 10.2 Å². The Morgan fingerprint density at radius 1 is 1.23 bits per heavy atom. The largest absolute Gasteiger partial charge is 0.374 e. The van der Waals surface area contributed by atoms with Crippen molar-refractivity contribution in [3.05, 3.63) is 13.6 Å².